The summed E-state index contributed by atoms with van der Waals surface area (Å²) in [5, 5.41) is 9.06. The molecular formula is C11H8BrFN2O3S2. The number of primary sulfonamides is 1. The monoisotopic (exact) mass is 378 g/mol. The third kappa shape index (κ3) is 3.42. The minimum absolute atomic E-state index is 0.0133. The molecule has 0 bridgehead atoms. The topological polar surface area (TPSA) is 89.3 Å². The normalized spacial score (nSPS) is 11.3. The van der Waals surface area contributed by atoms with Gasteiger partial charge in [-0.3, -0.25) is 4.79 Å². The van der Waals surface area contributed by atoms with Gasteiger partial charge in [-0.2, -0.15) is 0 Å². The van der Waals surface area contributed by atoms with Gasteiger partial charge in [-0.05, 0) is 45.6 Å². The predicted molar refractivity (Wildman–Crippen MR) is 77.7 cm³/mol. The summed E-state index contributed by atoms with van der Waals surface area (Å²) in [6.45, 7) is 0. The van der Waals surface area contributed by atoms with Crippen LogP contribution in [0.5, 0.6) is 0 Å². The van der Waals surface area contributed by atoms with E-state index in [0.29, 0.717) is 9.35 Å². The molecule has 1 aromatic carbocycles. The SMILES string of the molecule is NS(=O)(=O)c1cc(F)cc(NC(=O)c2sccc2Br)c1. The van der Waals surface area contributed by atoms with Crippen molar-refractivity contribution in [1.29, 1.82) is 0 Å². The number of nitrogens with two attached hydrogens (primary N) is 1. The third-order valence-electron chi connectivity index (χ3n) is 2.28. The summed E-state index contributed by atoms with van der Waals surface area (Å²) in [6, 6.07) is 4.58. The number of benzene rings is 1. The average Bonchev–Trinajstić information content (AvgIpc) is 2.73. The van der Waals surface area contributed by atoms with Crippen LogP contribution in [0.4, 0.5) is 10.1 Å². The Morgan fingerprint density at radius 3 is 2.60 bits per heavy atom. The number of hydrogen-bond acceptors (Lipinski definition) is 4. The lowest BCUT2D eigenvalue weighted by molar-refractivity contribution is 0.103. The Morgan fingerprint density at radius 1 is 1.35 bits per heavy atom. The predicted octanol–water partition coefficient (Wildman–Crippen LogP) is 2.55. The highest BCUT2D eigenvalue weighted by Gasteiger charge is 2.15. The van der Waals surface area contributed by atoms with Crippen LogP contribution in [0, 0.1) is 5.82 Å². The molecule has 0 radical (unpaired) electrons. The molecule has 0 saturated heterocycles. The standard InChI is InChI=1S/C11H8BrFN2O3S2/c12-9-1-2-19-10(9)11(16)15-7-3-6(13)4-8(5-7)20(14,17)18/h1-5H,(H,15,16)(H2,14,17,18). The van der Waals surface area contributed by atoms with E-state index in [1.165, 1.54) is 11.3 Å². The van der Waals surface area contributed by atoms with E-state index >= 15 is 0 Å². The van der Waals surface area contributed by atoms with Gasteiger partial charge in [0, 0.05) is 10.2 Å². The van der Waals surface area contributed by atoms with Crippen molar-refractivity contribution in [3.05, 3.63) is 44.8 Å². The highest BCUT2D eigenvalue weighted by Crippen LogP contribution is 2.24. The van der Waals surface area contributed by atoms with Crippen LogP contribution in [0.15, 0.2) is 39.0 Å². The second-order valence-corrected chi connectivity index (χ2v) is 7.10. The van der Waals surface area contributed by atoms with E-state index in [9.17, 15) is 17.6 Å². The minimum atomic E-state index is -4.04. The van der Waals surface area contributed by atoms with Crippen molar-refractivity contribution in [2.75, 3.05) is 5.32 Å². The largest absolute Gasteiger partial charge is 0.321 e. The Kier molecular flexibility index (Phi) is 4.23. The molecule has 0 fully saturated rings. The van der Waals surface area contributed by atoms with Gasteiger partial charge in [-0.25, -0.2) is 17.9 Å². The number of carbonyl (C=O) groups is 1. The van der Waals surface area contributed by atoms with Crippen LogP contribution in [0.25, 0.3) is 0 Å². The maximum Gasteiger partial charge on any atom is 0.266 e. The van der Waals surface area contributed by atoms with E-state index in [2.05, 4.69) is 21.2 Å². The van der Waals surface area contributed by atoms with Crippen molar-refractivity contribution in [2.45, 2.75) is 4.90 Å². The summed E-state index contributed by atoms with van der Waals surface area (Å²) in [6.07, 6.45) is 0. The molecule has 2 aromatic rings. The number of thiophene rings is 1. The van der Waals surface area contributed by atoms with Crippen molar-refractivity contribution >= 4 is 48.9 Å². The van der Waals surface area contributed by atoms with Crippen molar-refractivity contribution in [3.8, 4) is 0 Å². The Labute approximate surface area is 126 Å². The molecule has 5 nitrogen and oxygen atoms in total. The van der Waals surface area contributed by atoms with Gasteiger partial charge in [-0.15, -0.1) is 11.3 Å². The molecule has 0 saturated carbocycles. The Bertz CT molecular complexity index is 774. The maximum absolute atomic E-state index is 13.4. The van der Waals surface area contributed by atoms with Crippen molar-refractivity contribution in [1.82, 2.24) is 0 Å². The van der Waals surface area contributed by atoms with E-state index in [1.807, 2.05) is 0 Å². The summed E-state index contributed by atoms with van der Waals surface area (Å²) in [5.74, 6) is -1.28. The van der Waals surface area contributed by atoms with E-state index < -0.39 is 26.6 Å². The highest BCUT2D eigenvalue weighted by molar-refractivity contribution is 9.10. The fourth-order valence-electron chi connectivity index (χ4n) is 1.44. The lowest BCUT2D eigenvalue weighted by Crippen LogP contribution is -2.15. The van der Waals surface area contributed by atoms with Crippen LogP contribution in [0.3, 0.4) is 0 Å². The zero-order valence-electron chi connectivity index (χ0n) is 9.76. The van der Waals surface area contributed by atoms with Crippen LogP contribution in [0.2, 0.25) is 0 Å². The summed E-state index contributed by atoms with van der Waals surface area (Å²) in [7, 11) is -4.04. The molecule has 1 heterocycles. The molecule has 9 heteroatoms. The van der Waals surface area contributed by atoms with E-state index in [-0.39, 0.29) is 5.69 Å². The molecule has 0 aliphatic rings. The van der Waals surface area contributed by atoms with Crippen molar-refractivity contribution in [2.24, 2.45) is 5.14 Å². The fraction of sp³-hybridized carbons (Fsp3) is 0. The number of sulfonamides is 1. The number of nitrogens with one attached hydrogen (secondary N) is 1. The molecule has 0 aliphatic heterocycles. The number of rotatable bonds is 3. The van der Waals surface area contributed by atoms with Crippen molar-refractivity contribution < 1.29 is 17.6 Å². The molecule has 2 rings (SSSR count). The quantitative estimate of drug-likeness (QED) is 0.859. The first-order valence-corrected chi connectivity index (χ1v) is 8.37. The second-order valence-electron chi connectivity index (χ2n) is 3.77. The van der Waals surface area contributed by atoms with Gasteiger partial charge in [0.2, 0.25) is 10.0 Å². The zero-order chi connectivity index (χ0) is 14.9. The van der Waals surface area contributed by atoms with E-state index in [0.717, 1.165) is 18.2 Å². The van der Waals surface area contributed by atoms with Crippen LogP contribution in [-0.2, 0) is 10.0 Å². The highest BCUT2D eigenvalue weighted by atomic mass is 79.9. The van der Waals surface area contributed by atoms with Gasteiger partial charge in [0.25, 0.3) is 5.91 Å². The molecule has 0 atom stereocenters. The number of halogens is 2. The molecule has 0 unspecified atom stereocenters. The van der Waals surface area contributed by atoms with Crippen LogP contribution >= 0.6 is 27.3 Å². The van der Waals surface area contributed by atoms with Gasteiger partial charge in [0.05, 0.1) is 4.90 Å². The van der Waals surface area contributed by atoms with Crippen LogP contribution in [0.1, 0.15) is 9.67 Å². The number of amides is 1. The molecule has 20 heavy (non-hydrogen) atoms. The first-order chi connectivity index (χ1) is 9.27. The minimum Gasteiger partial charge on any atom is -0.321 e. The summed E-state index contributed by atoms with van der Waals surface area (Å²) in [4.78, 5) is 11.9. The zero-order valence-corrected chi connectivity index (χ0v) is 13.0. The first-order valence-electron chi connectivity index (χ1n) is 5.15. The Morgan fingerprint density at radius 2 is 2.05 bits per heavy atom. The number of anilines is 1. The summed E-state index contributed by atoms with van der Waals surface area (Å²) < 4.78 is 36.3. The number of hydrogen-bond donors (Lipinski definition) is 2. The average molecular weight is 379 g/mol. The summed E-state index contributed by atoms with van der Waals surface area (Å²) in [5.41, 5.74) is 0.0133. The smallest absolute Gasteiger partial charge is 0.266 e. The molecule has 0 aliphatic carbocycles. The lowest BCUT2D eigenvalue weighted by Gasteiger charge is -2.06. The Hall–Kier alpha value is -1.29. The second kappa shape index (κ2) is 5.60. The van der Waals surface area contributed by atoms with Gasteiger partial charge < -0.3 is 5.32 Å². The van der Waals surface area contributed by atoms with Gasteiger partial charge in [0.1, 0.15) is 10.7 Å². The van der Waals surface area contributed by atoms with Gasteiger partial charge >= 0.3 is 0 Å². The van der Waals surface area contributed by atoms with E-state index in [1.54, 1.807) is 11.4 Å². The molecule has 0 spiro atoms. The van der Waals surface area contributed by atoms with Crippen LogP contribution < -0.4 is 10.5 Å². The first kappa shape index (κ1) is 15.1. The molecule has 3 N–H and O–H groups in total. The van der Waals surface area contributed by atoms with Crippen LogP contribution in [-0.4, -0.2) is 14.3 Å². The maximum atomic E-state index is 13.4. The molecule has 1 aromatic heterocycles. The number of carbonyl (C=O) groups excluding carboxylic acids is 1. The molecular weight excluding hydrogens is 371 g/mol. The lowest BCUT2D eigenvalue weighted by atomic mass is 10.3. The van der Waals surface area contributed by atoms with E-state index in [4.69, 9.17) is 5.14 Å². The van der Waals surface area contributed by atoms with Gasteiger partial charge in [-0.1, -0.05) is 0 Å². The third-order valence-corrected chi connectivity index (χ3v) is 5.01. The fourth-order valence-corrected chi connectivity index (χ4v) is 3.46. The molecule has 106 valence electrons. The van der Waals surface area contributed by atoms with Gasteiger partial charge in [0.15, 0.2) is 0 Å². The molecule has 1 amide bonds. The summed E-state index contributed by atoms with van der Waals surface area (Å²) >= 11 is 4.40. The Balaban J connectivity index is 2.33. The van der Waals surface area contributed by atoms with Crippen molar-refractivity contribution in [3.63, 3.8) is 0 Å².